The highest BCUT2D eigenvalue weighted by Gasteiger charge is 2.01. The Hall–Kier alpha value is -1.55. The van der Waals surface area contributed by atoms with E-state index in [1.165, 1.54) is 0 Å². The fourth-order valence-electron chi connectivity index (χ4n) is 1.52. The van der Waals surface area contributed by atoms with Crippen LogP contribution in [0.1, 0.15) is 11.3 Å². The highest BCUT2D eigenvalue weighted by molar-refractivity contribution is 9.10. The van der Waals surface area contributed by atoms with Crippen molar-refractivity contribution in [3.63, 3.8) is 0 Å². The van der Waals surface area contributed by atoms with Crippen molar-refractivity contribution >= 4 is 15.9 Å². The molecule has 1 aromatic carbocycles. The molecule has 3 nitrogen and oxygen atoms in total. The number of aryl methyl sites for hydroxylation is 1. The molecule has 0 aliphatic rings. The lowest BCUT2D eigenvalue weighted by Gasteiger charge is -2.08. The normalized spacial score (nSPS) is 10.2. The first-order valence-corrected chi connectivity index (χ1v) is 6.37. The SMILES string of the molecule is COc1cccc(COc2ccc(Br)c(C)n2)c1. The summed E-state index contributed by atoms with van der Waals surface area (Å²) in [5.41, 5.74) is 1.97. The Labute approximate surface area is 115 Å². The van der Waals surface area contributed by atoms with E-state index in [9.17, 15) is 0 Å². The summed E-state index contributed by atoms with van der Waals surface area (Å²) >= 11 is 3.41. The molecule has 1 heterocycles. The van der Waals surface area contributed by atoms with Crippen LogP contribution in [0.15, 0.2) is 40.9 Å². The first kappa shape index (κ1) is 12.9. The van der Waals surface area contributed by atoms with E-state index in [0.717, 1.165) is 21.5 Å². The van der Waals surface area contributed by atoms with Gasteiger partial charge in [-0.15, -0.1) is 0 Å². The fourth-order valence-corrected chi connectivity index (χ4v) is 1.74. The Morgan fingerprint density at radius 2 is 2.06 bits per heavy atom. The predicted molar refractivity (Wildman–Crippen MR) is 74.0 cm³/mol. The minimum absolute atomic E-state index is 0.477. The number of ether oxygens (including phenoxy) is 2. The Bertz CT molecular complexity index is 543. The number of hydrogen-bond acceptors (Lipinski definition) is 3. The molecule has 0 spiro atoms. The van der Waals surface area contributed by atoms with E-state index in [4.69, 9.17) is 9.47 Å². The van der Waals surface area contributed by atoms with Crippen molar-refractivity contribution in [1.29, 1.82) is 0 Å². The van der Waals surface area contributed by atoms with E-state index in [2.05, 4.69) is 20.9 Å². The second kappa shape index (κ2) is 5.87. The van der Waals surface area contributed by atoms with Crippen LogP contribution in [-0.4, -0.2) is 12.1 Å². The summed E-state index contributed by atoms with van der Waals surface area (Å²) in [5, 5.41) is 0. The third-order valence-corrected chi connectivity index (χ3v) is 3.35. The molecule has 0 N–H and O–H groups in total. The summed E-state index contributed by atoms with van der Waals surface area (Å²) < 4.78 is 11.8. The van der Waals surface area contributed by atoms with Crippen molar-refractivity contribution < 1.29 is 9.47 Å². The summed E-state index contributed by atoms with van der Waals surface area (Å²) in [5.74, 6) is 1.45. The highest BCUT2D eigenvalue weighted by Crippen LogP contribution is 2.19. The average molecular weight is 308 g/mol. The van der Waals surface area contributed by atoms with Crippen molar-refractivity contribution in [2.24, 2.45) is 0 Å². The summed E-state index contributed by atoms with van der Waals surface area (Å²) in [7, 11) is 1.65. The zero-order chi connectivity index (χ0) is 13.0. The first-order valence-electron chi connectivity index (χ1n) is 5.58. The molecule has 0 radical (unpaired) electrons. The van der Waals surface area contributed by atoms with E-state index in [0.29, 0.717) is 12.5 Å². The Kier molecular flexibility index (Phi) is 4.20. The van der Waals surface area contributed by atoms with Crippen LogP contribution in [0.25, 0.3) is 0 Å². The number of benzene rings is 1. The highest BCUT2D eigenvalue weighted by atomic mass is 79.9. The van der Waals surface area contributed by atoms with Crippen LogP contribution in [0.4, 0.5) is 0 Å². The van der Waals surface area contributed by atoms with Gasteiger partial charge in [-0.25, -0.2) is 4.98 Å². The summed E-state index contributed by atoms with van der Waals surface area (Å²) in [6.07, 6.45) is 0. The zero-order valence-electron chi connectivity index (χ0n) is 10.3. The minimum atomic E-state index is 0.477. The molecule has 0 aliphatic heterocycles. The first-order chi connectivity index (χ1) is 8.69. The van der Waals surface area contributed by atoms with Gasteiger partial charge in [0.2, 0.25) is 5.88 Å². The van der Waals surface area contributed by atoms with Crippen LogP contribution < -0.4 is 9.47 Å². The predicted octanol–water partition coefficient (Wildman–Crippen LogP) is 3.74. The third kappa shape index (κ3) is 3.23. The van der Waals surface area contributed by atoms with Gasteiger partial charge < -0.3 is 9.47 Å². The molecule has 0 unspecified atom stereocenters. The molecule has 2 aromatic rings. The van der Waals surface area contributed by atoms with E-state index < -0.39 is 0 Å². The fraction of sp³-hybridized carbons (Fsp3) is 0.214. The molecule has 0 amide bonds. The molecule has 4 heteroatoms. The largest absolute Gasteiger partial charge is 0.497 e. The molecule has 0 atom stereocenters. The summed E-state index contributed by atoms with van der Waals surface area (Å²) in [6.45, 7) is 2.41. The van der Waals surface area contributed by atoms with Crippen LogP contribution in [0.2, 0.25) is 0 Å². The van der Waals surface area contributed by atoms with Crippen LogP contribution in [0, 0.1) is 6.92 Å². The molecule has 2 rings (SSSR count). The van der Waals surface area contributed by atoms with Gasteiger partial charge in [0.25, 0.3) is 0 Å². The summed E-state index contributed by atoms with van der Waals surface area (Å²) in [4.78, 5) is 4.33. The maximum Gasteiger partial charge on any atom is 0.213 e. The molecule has 0 saturated carbocycles. The standard InChI is InChI=1S/C14H14BrNO2/c1-10-13(15)6-7-14(16-10)18-9-11-4-3-5-12(8-11)17-2/h3-8H,9H2,1-2H3. The van der Waals surface area contributed by atoms with Gasteiger partial charge in [0.1, 0.15) is 12.4 Å². The quantitative estimate of drug-likeness (QED) is 0.862. The van der Waals surface area contributed by atoms with Crippen LogP contribution >= 0.6 is 15.9 Å². The number of halogens is 1. The monoisotopic (exact) mass is 307 g/mol. The van der Waals surface area contributed by atoms with E-state index in [1.54, 1.807) is 7.11 Å². The molecule has 0 aliphatic carbocycles. The number of aromatic nitrogens is 1. The van der Waals surface area contributed by atoms with Gasteiger partial charge in [-0.05, 0) is 46.6 Å². The molecule has 0 bridgehead atoms. The van der Waals surface area contributed by atoms with E-state index in [1.807, 2.05) is 43.3 Å². The number of pyridine rings is 1. The van der Waals surface area contributed by atoms with E-state index >= 15 is 0 Å². The van der Waals surface area contributed by atoms with Gasteiger partial charge in [0, 0.05) is 10.5 Å². The van der Waals surface area contributed by atoms with Crippen LogP contribution in [0.5, 0.6) is 11.6 Å². The van der Waals surface area contributed by atoms with Crippen molar-refractivity contribution in [2.75, 3.05) is 7.11 Å². The van der Waals surface area contributed by atoms with Crippen molar-refractivity contribution in [2.45, 2.75) is 13.5 Å². The maximum absolute atomic E-state index is 5.64. The van der Waals surface area contributed by atoms with Crippen molar-refractivity contribution in [3.05, 3.63) is 52.1 Å². The second-order valence-corrected chi connectivity index (χ2v) is 4.71. The maximum atomic E-state index is 5.64. The lowest BCUT2D eigenvalue weighted by Crippen LogP contribution is -1.98. The Balaban J connectivity index is 2.04. The average Bonchev–Trinajstić information content (AvgIpc) is 2.40. The number of nitrogens with zero attached hydrogens (tertiary/aromatic N) is 1. The third-order valence-electron chi connectivity index (χ3n) is 2.52. The topological polar surface area (TPSA) is 31.4 Å². The molecule has 94 valence electrons. The molecule has 1 aromatic heterocycles. The van der Waals surface area contributed by atoms with Crippen LogP contribution in [0.3, 0.4) is 0 Å². The number of methoxy groups -OCH3 is 1. The Morgan fingerprint density at radius 1 is 1.22 bits per heavy atom. The smallest absolute Gasteiger partial charge is 0.213 e. The van der Waals surface area contributed by atoms with Gasteiger partial charge in [-0.1, -0.05) is 12.1 Å². The Morgan fingerprint density at radius 3 is 2.78 bits per heavy atom. The molecular weight excluding hydrogens is 294 g/mol. The van der Waals surface area contributed by atoms with Gasteiger partial charge in [0.05, 0.1) is 12.8 Å². The number of rotatable bonds is 4. The molecule has 0 fully saturated rings. The molecule has 18 heavy (non-hydrogen) atoms. The minimum Gasteiger partial charge on any atom is -0.497 e. The van der Waals surface area contributed by atoms with E-state index in [-0.39, 0.29) is 0 Å². The van der Waals surface area contributed by atoms with Gasteiger partial charge in [-0.3, -0.25) is 0 Å². The summed E-state index contributed by atoms with van der Waals surface area (Å²) in [6, 6.07) is 11.6. The second-order valence-electron chi connectivity index (χ2n) is 3.86. The van der Waals surface area contributed by atoms with Crippen molar-refractivity contribution in [3.8, 4) is 11.6 Å². The number of hydrogen-bond donors (Lipinski definition) is 0. The molecular formula is C14H14BrNO2. The lowest BCUT2D eigenvalue weighted by molar-refractivity contribution is 0.292. The zero-order valence-corrected chi connectivity index (χ0v) is 11.9. The molecule has 0 saturated heterocycles. The van der Waals surface area contributed by atoms with Gasteiger partial charge in [0.15, 0.2) is 0 Å². The van der Waals surface area contributed by atoms with Crippen molar-refractivity contribution in [1.82, 2.24) is 4.98 Å². The van der Waals surface area contributed by atoms with Gasteiger partial charge in [-0.2, -0.15) is 0 Å². The van der Waals surface area contributed by atoms with Crippen LogP contribution in [-0.2, 0) is 6.61 Å². The van der Waals surface area contributed by atoms with Gasteiger partial charge >= 0.3 is 0 Å². The lowest BCUT2D eigenvalue weighted by atomic mass is 10.2.